The molecule has 5 nitrogen and oxygen atoms in total. The van der Waals surface area contributed by atoms with Gasteiger partial charge in [0.15, 0.2) is 0 Å². The van der Waals surface area contributed by atoms with E-state index in [2.05, 4.69) is 16.0 Å². The summed E-state index contributed by atoms with van der Waals surface area (Å²) >= 11 is 5.38. The van der Waals surface area contributed by atoms with E-state index in [1.54, 1.807) is 12.1 Å². The minimum absolute atomic E-state index is 0.145. The van der Waals surface area contributed by atoms with Crippen molar-refractivity contribution in [1.82, 2.24) is 16.0 Å². The van der Waals surface area contributed by atoms with E-state index in [-0.39, 0.29) is 24.4 Å². The summed E-state index contributed by atoms with van der Waals surface area (Å²) in [5, 5.41) is 8.08. The number of aryl methyl sites for hydroxylation is 1. The Kier molecular flexibility index (Phi) is 6.92. The fraction of sp³-hybridized carbons (Fsp3) is 0.385. The predicted octanol–water partition coefficient (Wildman–Crippen LogP) is 0.627. The SMILES string of the molecule is Cc1ccc(C(=O)NCCNC(=O)CNCCl)cc1. The van der Waals surface area contributed by atoms with Crippen molar-refractivity contribution in [3.05, 3.63) is 35.4 Å². The van der Waals surface area contributed by atoms with E-state index in [4.69, 9.17) is 11.6 Å². The minimum Gasteiger partial charge on any atom is -0.353 e. The van der Waals surface area contributed by atoms with Crippen molar-refractivity contribution in [2.75, 3.05) is 25.6 Å². The molecule has 0 radical (unpaired) electrons. The summed E-state index contributed by atoms with van der Waals surface area (Å²) in [6.07, 6.45) is 0. The van der Waals surface area contributed by atoms with Crippen LogP contribution in [0, 0.1) is 6.92 Å². The van der Waals surface area contributed by atoms with Gasteiger partial charge in [-0.15, -0.1) is 11.6 Å². The monoisotopic (exact) mass is 283 g/mol. The second-order valence-electron chi connectivity index (χ2n) is 4.03. The molecule has 0 aliphatic rings. The van der Waals surface area contributed by atoms with Gasteiger partial charge in [0.25, 0.3) is 5.91 Å². The van der Waals surface area contributed by atoms with Gasteiger partial charge in [0, 0.05) is 18.7 Å². The lowest BCUT2D eigenvalue weighted by atomic mass is 10.1. The number of carbonyl (C=O) groups is 2. The summed E-state index contributed by atoms with van der Waals surface area (Å²) in [5.74, 6) is -0.293. The van der Waals surface area contributed by atoms with E-state index in [9.17, 15) is 9.59 Å². The second-order valence-corrected chi connectivity index (χ2v) is 4.30. The Labute approximate surface area is 117 Å². The molecule has 1 aromatic rings. The summed E-state index contributed by atoms with van der Waals surface area (Å²) in [4.78, 5) is 22.9. The summed E-state index contributed by atoms with van der Waals surface area (Å²) in [5.41, 5.74) is 1.72. The fourth-order valence-electron chi connectivity index (χ4n) is 1.41. The molecule has 104 valence electrons. The number of halogens is 1. The van der Waals surface area contributed by atoms with Crippen LogP contribution in [0.3, 0.4) is 0 Å². The van der Waals surface area contributed by atoms with E-state index < -0.39 is 0 Å². The Morgan fingerprint density at radius 1 is 1.11 bits per heavy atom. The maximum atomic E-state index is 11.7. The Bertz CT molecular complexity index is 420. The maximum absolute atomic E-state index is 11.7. The Morgan fingerprint density at radius 3 is 2.37 bits per heavy atom. The zero-order chi connectivity index (χ0) is 14.1. The Morgan fingerprint density at radius 2 is 1.74 bits per heavy atom. The molecule has 0 fully saturated rings. The van der Waals surface area contributed by atoms with Gasteiger partial charge in [-0.05, 0) is 19.1 Å². The van der Waals surface area contributed by atoms with Gasteiger partial charge in [-0.2, -0.15) is 0 Å². The molecule has 0 spiro atoms. The molecule has 0 bridgehead atoms. The molecule has 19 heavy (non-hydrogen) atoms. The highest BCUT2D eigenvalue weighted by atomic mass is 35.5. The molecule has 2 amide bonds. The van der Waals surface area contributed by atoms with Crippen molar-refractivity contribution in [3.63, 3.8) is 0 Å². The number of rotatable bonds is 7. The quantitative estimate of drug-likeness (QED) is 0.390. The van der Waals surface area contributed by atoms with Gasteiger partial charge in [0.1, 0.15) is 0 Å². The number of hydrogen-bond acceptors (Lipinski definition) is 3. The van der Waals surface area contributed by atoms with Crippen molar-refractivity contribution in [2.45, 2.75) is 6.92 Å². The van der Waals surface area contributed by atoms with Crippen molar-refractivity contribution in [3.8, 4) is 0 Å². The number of hydrogen-bond donors (Lipinski definition) is 3. The molecule has 0 saturated carbocycles. The van der Waals surface area contributed by atoms with Gasteiger partial charge in [0.2, 0.25) is 5.91 Å². The van der Waals surface area contributed by atoms with E-state index >= 15 is 0 Å². The van der Waals surface area contributed by atoms with Crippen LogP contribution in [0.15, 0.2) is 24.3 Å². The van der Waals surface area contributed by atoms with E-state index in [1.807, 2.05) is 19.1 Å². The van der Waals surface area contributed by atoms with E-state index in [1.165, 1.54) is 0 Å². The van der Waals surface area contributed by atoms with E-state index in [0.717, 1.165) is 5.56 Å². The van der Waals surface area contributed by atoms with Crippen LogP contribution in [-0.4, -0.2) is 37.5 Å². The van der Waals surface area contributed by atoms with Crippen LogP contribution < -0.4 is 16.0 Å². The first-order chi connectivity index (χ1) is 9.13. The molecule has 0 aliphatic heterocycles. The van der Waals surface area contributed by atoms with Crippen molar-refractivity contribution in [1.29, 1.82) is 0 Å². The molecule has 1 aromatic carbocycles. The van der Waals surface area contributed by atoms with Gasteiger partial charge in [-0.1, -0.05) is 17.7 Å². The molecule has 0 heterocycles. The molecule has 0 saturated heterocycles. The topological polar surface area (TPSA) is 70.2 Å². The van der Waals surface area contributed by atoms with Gasteiger partial charge in [-0.3, -0.25) is 14.9 Å². The van der Waals surface area contributed by atoms with Crippen LogP contribution in [0.25, 0.3) is 0 Å². The number of carbonyl (C=O) groups excluding carboxylic acids is 2. The highest BCUT2D eigenvalue weighted by Crippen LogP contribution is 2.02. The molecule has 6 heteroatoms. The molecular formula is C13H18ClN3O2. The van der Waals surface area contributed by atoms with Crippen molar-refractivity contribution < 1.29 is 9.59 Å². The second kappa shape index (κ2) is 8.50. The largest absolute Gasteiger partial charge is 0.353 e. The number of nitrogens with one attached hydrogen (secondary N) is 3. The molecule has 3 N–H and O–H groups in total. The van der Waals surface area contributed by atoms with Crippen LogP contribution in [0.1, 0.15) is 15.9 Å². The highest BCUT2D eigenvalue weighted by Gasteiger charge is 2.04. The first-order valence-corrected chi connectivity index (χ1v) is 6.55. The summed E-state index contributed by atoms with van der Waals surface area (Å²) < 4.78 is 0. The molecule has 0 aromatic heterocycles. The van der Waals surface area contributed by atoms with Crippen LogP contribution >= 0.6 is 11.6 Å². The molecular weight excluding hydrogens is 266 g/mol. The highest BCUT2D eigenvalue weighted by molar-refractivity contribution is 6.17. The maximum Gasteiger partial charge on any atom is 0.251 e. The average molecular weight is 284 g/mol. The lowest BCUT2D eigenvalue weighted by Gasteiger charge is -2.07. The molecule has 0 aliphatic carbocycles. The Balaban J connectivity index is 2.20. The van der Waals surface area contributed by atoms with Crippen LogP contribution in [0.4, 0.5) is 0 Å². The zero-order valence-corrected chi connectivity index (χ0v) is 11.6. The van der Waals surface area contributed by atoms with Gasteiger partial charge < -0.3 is 10.6 Å². The fourth-order valence-corrected chi connectivity index (χ4v) is 1.50. The summed E-state index contributed by atoms with van der Waals surface area (Å²) in [6, 6.07) is 7.54. The third-order valence-corrected chi connectivity index (χ3v) is 2.62. The summed E-state index contributed by atoms with van der Waals surface area (Å²) in [6.45, 7) is 2.92. The van der Waals surface area contributed by atoms with Crippen LogP contribution in [-0.2, 0) is 4.79 Å². The molecule has 0 atom stereocenters. The Hall–Kier alpha value is -1.59. The first kappa shape index (κ1) is 15.5. The van der Waals surface area contributed by atoms with E-state index in [0.29, 0.717) is 18.7 Å². The first-order valence-electron chi connectivity index (χ1n) is 6.01. The predicted molar refractivity (Wildman–Crippen MR) is 75.2 cm³/mol. The van der Waals surface area contributed by atoms with Gasteiger partial charge in [-0.25, -0.2) is 0 Å². The zero-order valence-electron chi connectivity index (χ0n) is 10.8. The number of benzene rings is 1. The van der Waals surface area contributed by atoms with Crippen LogP contribution in [0.2, 0.25) is 0 Å². The number of amides is 2. The lowest BCUT2D eigenvalue weighted by molar-refractivity contribution is -0.120. The lowest BCUT2D eigenvalue weighted by Crippen LogP contribution is -2.38. The summed E-state index contributed by atoms with van der Waals surface area (Å²) in [7, 11) is 0. The van der Waals surface area contributed by atoms with Crippen molar-refractivity contribution >= 4 is 23.4 Å². The average Bonchev–Trinajstić information content (AvgIpc) is 2.41. The number of alkyl halides is 1. The standard InChI is InChI=1S/C13H18ClN3O2/c1-10-2-4-11(5-3-10)13(19)17-7-6-16-12(18)8-15-9-14/h2-5,15H,6-9H2,1H3,(H,16,18)(H,17,19). The van der Waals surface area contributed by atoms with Gasteiger partial charge in [0.05, 0.1) is 12.5 Å². The van der Waals surface area contributed by atoms with Crippen LogP contribution in [0.5, 0.6) is 0 Å². The molecule has 1 rings (SSSR count). The van der Waals surface area contributed by atoms with Crippen molar-refractivity contribution in [2.24, 2.45) is 0 Å². The smallest absolute Gasteiger partial charge is 0.251 e. The third-order valence-electron chi connectivity index (χ3n) is 2.43. The normalized spacial score (nSPS) is 10.0. The van der Waals surface area contributed by atoms with Gasteiger partial charge >= 0.3 is 0 Å². The molecule has 0 unspecified atom stereocenters. The third kappa shape index (κ3) is 6.22. The minimum atomic E-state index is -0.148.